The Morgan fingerprint density at radius 2 is 1.61 bits per heavy atom. The summed E-state index contributed by atoms with van der Waals surface area (Å²) in [5, 5.41) is 4.33. The van der Waals surface area contributed by atoms with Crippen molar-refractivity contribution >= 4 is 27.3 Å². The molecule has 1 N–H and O–H groups in total. The van der Waals surface area contributed by atoms with Gasteiger partial charge in [0.1, 0.15) is 5.75 Å². The van der Waals surface area contributed by atoms with E-state index in [0.717, 1.165) is 37.2 Å². The molecule has 4 rings (SSSR count). The Labute approximate surface area is 212 Å². The van der Waals surface area contributed by atoms with Crippen LogP contribution < -0.4 is 14.5 Å². The summed E-state index contributed by atoms with van der Waals surface area (Å²) in [5.74, 6) is 0.0939. The third kappa shape index (κ3) is 5.92. The number of hydrogen-bond acceptors (Lipinski definition) is 6. The summed E-state index contributed by atoms with van der Waals surface area (Å²) >= 11 is 0. The number of carbonyl (C=O) groups excluding carboxylic acids is 1. The first-order valence-electron chi connectivity index (χ1n) is 11.7. The molecule has 0 spiro atoms. The van der Waals surface area contributed by atoms with Gasteiger partial charge < -0.3 is 9.64 Å². The molecule has 0 unspecified atom stereocenters. The Balaban J connectivity index is 1.70. The third-order valence-electron chi connectivity index (χ3n) is 6.11. The number of sulfonamides is 1. The molecular formula is C27H30N4O4S. The SMILES string of the molecule is COc1ccc(S(=O)(=O)N(Cc2ccccc2)c2ccccc2C(=O)NN=C2CCN(C)CC2)cc1. The summed E-state index contributed by atoms with van der Waals surface area (Å²) < 4.78 is 34.2. The van der Waals surface area contributed by atoms with Gasteiger partial charge in [0.15, 0.2) is 0 Å². The van der Waals surface area contributed by atoms with E-state index >= 15 is 0 Å². The number of ether oxygens (including phenoxy) is 1. The predicted molar refractivity (Wildman–Crippen MR) is 141 cm³/mol. The Bertz CT molecular complexity index is 1320. The zero-order valence-corrected chi connectivity index (χ0v) is 21.2. The van der Waals surface area contributed by atoms with Crippen molar-refractivity contribution in [2.75, 3.05) is 31.6 Å². The van der Waals surface area contributed by atoms with Gasteiger partial charge in [-0.05, 0) is 49.0 Å². The van der Waals surface area contributed by atoms with Gasteiger partial charge in [-0.15, -0.1) is 0 Å². The summed E-state index contributed by atoms with van der Waals surface area (Å²) in [6.07, 6.45) is 1.56. The number of likely N-dealkylation sites (tertiary alicyclic amines) is 1. The minimum Gasteiger partial charge on any atom is -0.497 e. The Morgan fingerprint density at radius 1 is 0.972 bits per heavy atom. The normalized spacial score (nSPS) is 14.2. The van der Waals surface area contributed by atoms with Crippen LogP contribution in [0.15, 0.2) is 88.9 Å². The molecule has 0 radical (unpaired) electrons. The molecule has 36 heavy (non-hydrogen) atoms. The standard InChI is InChI=1S/C27H30N4O4S/c1-30-18-16-22(17-19-30)28-29-27(32)25-10-6-7-11-26(25)31(20-21-8-4-3-5-9-21)36(33,34)24-14-12-23(35-2)13-15-24/h3-15H,16-20H2,1-2H3,(H,29,32). The number of para-hydroxylation sites is 1. The highest BCUT2D eigenvalue weighted by Crippen LogP contribution is 2.30. The predicted octanol–water partition coefficient (Wildman–Crippen LogP) is 3.90. The number of anilines is 1. The Hall–Kier alpha value is -3.69. The van der Waals surface area contributed by atoms with E-state index in [1.807, 2.05) is 30.3 Å². The fourth-order valence-electron chi connectivity index (χ4n) is 3.99. The monoisotopic (exact) mass is 506 g/mol. The molecule has 0 aliphatic carbocycles. The molecule has 1 amide bonds. The van der Waals surface area contributed by atoms with E-state index in [2.05, 4.69) is 22.5 Å². The number of methoxy groups -OCH3 is 1. The van der Waals surface area contributed by atoms with Gasteiger partial charge in [-0.3, -0.25) is 9.10 Å². The van der Waals surface area contributed by atoms with Gasteiger partial charge in [-0.2, -0.15) is 5.10 Å². The van der Waals surface area contributed by atoms with E-state index in [1.165, 1.54) is 23.5 Å². The van der Waals surface area contributed by atoms with Gasteiger partial charge in [-0.1, -0.05) is 42.5 Å². The van der Waals surface area contributed by atoms with E-state index in [-0.39, 0.29) is 22.7 Å². The highest BCUT2D eigenvalue weighted by molar-refractivity contribution is 7.92. The fourth-order valence-corrected chi connectivity index (χ4v) is 5.46. The largest absolute Gasteiger partial charge is 0.497 e. The molecule has 9 heteroatoms. The summed E-state index contributed by atoms with van der Waals surface area (Å²) in [5.41, 5.74) is 4.85. The van der Waals surface area contributed by atoms with Crippen LogP contribution in [0.5, 0.6) is 5.75 Å². The first-order chi connectivity index (χ1) is 17.4. The highest BCUT2D eigenvalue weighted by Gasteiger charge is 2.29. The molecule has 0 aromatic heterocycles. The minimum atomic E-state index is -4.02. The second-order valence-corrected chi connectivity index (χ2v) is 10.5. The lowest BCUT2D eigenvalue weighted by molar-refractivity contribution is 0.0955. The van der Waals surface area contributed by atoms with Gasteiger partial charge in [0.25, 0.3) is 15.9 Å². The van der Waals surface area contributed by atoms with Crippen molar-refractivity contribution in [2.24, 2.45) is 5.10 Å². The molecule has 0 saturated carbocycles. The maximum atomic E-state index is 13.9. The van der Waals surface area contributed by atoms with Crippen LogP contribution >= 0.6 is 0 Å². The van der Waals surface area contributed by atoms with E-state index in [4.69, 9.17) is 4.74 Å². The van der Waals surface area contributed by atoms with E-state index in [0.29, 0.717) is 5.75 Å². The zero-order valence-electron chi connectivity index (χ0n) is 20.4. The molecule has 1 heterocycles. The van der Waals surface area contributed by atoms with Crippen molar-refractivity contribution in [1.82, 2.24) is 10.3 Å². The number of amides is 1. The average Bonchev–Trinajstić information content (AvgIpc) is 2.92. The van der Waals surface area contributed by atoms with Crippen molar-refractivity contribution in [1.29, 1.82) is 0 Å². The Kier molecular flexibility index (Phi) is 8.02. The van der Waals surface area contributed by atoms with Crippen LogP contribution in [0.1, 0.15) is 28.8 Å². The van der Waals surface area contributed by atoms with Gasteiger partial charge in [0, 0.05) is 31.6 Å². The smallest absolute Gasteiger partial charge is 0.273 e. The molecule has 3 aromatic rings. The third-order valence-corrected chi connectivity index (χ3v) is 7.89. The number of rotatable bonds is 8. The maximum absolute atomic E-state index is 13.9. The number of benzene rings is 3. The highest BCUT2D eigenvalue weighted by atomic mass is 32.2. The molecule has 188 valence electrons. The van der Waals surface area contributed by atoms with E-state index < -0.39 is 15.9 Å². The second-order valence-electron chi connectivity index (χ2n) is 8.61. The summed E-state index contributed by atoms with van der Waals surface area (Å²) in [4.78, 5) is 15.5. The van der Waals surface area contributed by atoms with Gasteiger partial charge in [0.05, 0.1) is 29.8 Å². The maximum Gasteiger partial charge on any atom is 0.273 e. The first kappa shape index (κ1) is 25.4. The average molecular weight is 507 g/mol. The molecule has 1 saturated heterocycles. The summed E-state index contributed by atoms with van der Waals surface area (Å²) in [7, 11) is -0.444. The molecule has 0 bridgehead atoms. The quantitative estimate of drug-likeness (QED) is 0.468. The molecular weight excluding hydrogens is 476 g/mol. The number of nitrogens with one attached hydrogen (secondary N) is 1. The first-order valence-corrected chi connectivity index (χ1v) is 13.2. The van der Waals surface area contributed by atoms with Crippen molar-refractivity contribution in [3.8, 4) is 5.75 Å². The Morgan fingerprint density at radius 3 is 2.28 bits per heavy atom. The van der Waals surface area contributed by atoms with Crippen LogP contribution in [0.25, 0.3) is 0 Å². The molecule has 1 aliphatic rings. The molecule has 0 atom stereocenters. The molecule has 1 aliphatic heterocycles. The summed E-state index contributed by atoms with van der Waals surface area (Å²) in [6, 6.07) is 22.2. The topological polar surface area (TPSA) is 91.3 Å². The van der Waals surface area contributed by atoms with Crippen LogP contribution in [0.3, 0.4) is 0 Å². The number of hydrazone groups is 1. The fraction of sp³-hybridized carbons (Fsp3) is 0.259. The number of hydrogen-bond donors (Lipinski definition) is 1. The lowest BCUT2D eigenvalue weighted by atomic mass is 10.1. The number of carbonyl (C=O) groups is 1. The van der Waals surface area contributed by atoms with Crippen molar-refractivity contribution in [2.45, 2.75) is 24.3 Å². The van der Waals surface area contributed by atoms with Crippen LogP contribution in [-0.2, 0) is 16.6 Å². The number of piperidine rings is 1. The van der Waals surface area contributed by atoms with Gasteiger partial charge in [-0.25, -0.2) is 13.8 Å². The summed E-state index contributed by atoms with van der Waals surface area (Å²) in [6.45, 7) is 1.83. The minimum absolute atomic E-state index is 0.0559. The van der Waals surface area contributed by atoms with Gasteiger partial charge in [0.2, 0.25) is 0 Å². The lowest BCUT2D eigenvalue weighted by Gasteiger charge is -2.26. The molecule has 3 aromatic carbocycles. The van der Waals surface area contributed by atoms with Crippen molar-refractivity contribution < 1.29 is 17.9 Å². The second kappa shape index (κ2) is 11.4. The van der Waals surface area contributed by atoms with E-state index in [9.17, 15) is 13.2 Å². The van der Waals surface area contributed by atoms with Crippen LogP contribution in [0, 0.1) is 0 Å². The van der Waals surface area contributed by atoms with Crippen LogP contribution in [0.2, 0.25) is 0 Å². The van der Waals surface area contributed by atoms with Crippen LogP contribution in [0.4, 0.5) is 5.69 Å². The molecule has 8 nitrogen and oxygen atoms in total. The van der Waals surface area contributed by atoms with Crippen LogP contribution in [-0.4, -0.2) is 52.2 Å². The molecule has 1 fully saturated rings. The van der Waals surface area contributed by atoms with Crippen molar-refractivity contribution in [3.05, 3.63) is 90.0 Å². The van der Waals surface area contributed by atoms with Gasteiger partial charge >= 0.3 is 0 Å². The van der Waals surface area contributed by atoms with Crippen molar-refractivity contribution in [3.63, 3.8) is 0 Å². The van der Waals surface area contributed by atoms with E-state index in [1.54, 1.807) is 36.4 Å². The number of nitrogens with zero attached hydrogens (tertiary/aromatic N) is 3. The zero-order chi connectivity index (χ0) is 25.5. The lowest BCUT2D eigenvalue weighted by Crippen LogP contribution is -2.34.